The Bertz CT molecular complexity index is 551. The van der Waals surface area contributed by atoms with Crippen molar-refractivity contribution < 1.29 is 18.9 Å². The molecule has 112 valence electrons. The predicted molar refractivity (Wildman–Crippen MR) is 81.6 cm³/mol. The molecule has 0 radical (unpaired) electrons. The van der Waals surface area contributed by atoms with Gasteiger partial charge in [0.15, 0.2) is 11.5 Å². The van der Waals surface area contributed by atoms with Crippen LogP contribution in [0.5, 0.6) is 23.0 Å². The zero-order valence-corrected chi connectivity index (χ0v) is 12.5. The van der Waals surface area contributed by atoms with Gasteiger partial charge in [0.2, 0.25) is 0 Å². The highest BCUT2D eigenvalue weighted by Crippen LogP contribution is 2.27. The summed E-state index contributed by atoms with van der Waals surface area (Å²) < 4.78 is 21.9. The molecule has 0 aliphatic carbocycles. The van der Waals surface area contributed by atoms with Gasteiger partial charge in [-0.15, -0.1) is 0 Å². The third-order valence-corrected chi connectivity index (χ3v) is 2.94. The largest absolute Gasteiger partial charge is 0.497 e. The molecule has 4 heteroatoms. The topological polar surface area (TPSA) is 36.9 Å². The van der Waals surface area contributed by atoms with E-state index in [1.54, 1.807) is 14.2 Å². The van der Waals surface area contributed by atoms with Crippen LogP contribution in [0, 0.1) is 0 Å². The summed E-state index contributed by atoms with van der Waals surface area (Å²) in [4.78, 5) is 0. The van der Waals surface area contributed by atoms with Crippen molar-refractivity contribution in [2.24, 2.45) is 0 Å². The maximum Gasteiger partial charge on any atom is 0.161 e. The van der Waals surface area contributed by atoms with Crippen LogP contribution in [0.1, 0.15) is 6.92 Å². The molecule has 2 aromatic rings. The second-order valence-electron chi connectivity index (χ2n) is 4.57. The highest BCUT2D eigenvalue weighted by Gasteiger charge is 2.09. The molecule has 2 aromatic carbocycles. The maximum absolute atomic E-state index is 5.83. The molecule has 21 heavy (non-hydrogen) atoms. The first-order chi connectivity index (χ1) is 10.2. The Morgan fingerprint density at radius 1 is 0.810 bits per heavy atom. The predicted octanol–water partition coefficient (Wildman–Crippen LogP) is 3.55. The number of hydrogen-bond donors (Lipinski definition) is 0. The molecule has 1 unspecified atom stereocenters. The molecular weight excluding hydrogens is 268 g/mol. The highest BCUT2D eigenvalue weighted by atomic mass is 16.5. The molecule has 0 amide bonds. The second-order valence-corrected chi connectivity index (χ2v) is 4.57. The van der Waals surface area contributed by atoms with Gasteiger partial charge in [-0.25, -0.2) is 0 Å². The molecule has 0 aliphatic heterocycles. The normalized spacial score (nSPS) is 11.6. The van der Waals surface area contributed by atoms with Gasteiger partial charge in [-0.2, -0.15) is 0 Å². The standard InChI is InChI=1S/C17H20O4/c1-13(21-17-7-5-4-6-16(17)19-3)12-20-15-10-8-14(18-2)9-11-15/h4-11,13H,12H2,1-3H3. The molecule has 0 fully saturated rings. The fourth-order valence-corrected chi connectivity index (χ4v) is 1.85. The number of benzene rings is 2. The van der Waals surface area contributed by atoms with Crippen molar-refractivity contribution >= 4 is 0 Å². The molecular formula is C17H20O4. The van der Waals surface area contributed by atoms with Crippen LogP contribution in [0.3, 0.4) is 0 Å². The summed E-state index contributed by atoms with van der Waals surface area (Å²) in [6, 6.07) is 15.0. The van der Waals surface area contributed by atoms with Gasteiger partial charge < -0.3 is 18.9 Å². The summed E-state index contributed by atoms with van der Waals surface area (Å²) in [6.45, 7) is 2.40. The Hall–Kier alpha value is -2.36. The Kier molecular flexibility index (Phi) is 5.32. The summed E-state index contributed by atoms with van der Waals surface area (Å²) >= 11 is 0. The third kappa shape index (κ3) is 4.31. The van der Waals surface area contributed by atoms with E-state index in [0.29, 0.717) is 18.1 Å². The quantitative estimate of drug-likeness (QED) is 0.780. The fourth-order valence-electron chi connectivity index (χ4n) is 1.85. The first-order valence-corrected chi connectivity index (χ1v) is 6.79. The van der Waals surface area contributed by atoms with Crippen LogP contribution in [0.2, 0.25) is 0 Å². The Morgan fingerprint density at radius 2 is 1.43 bits per heavy atom. The lowest BCUT2D eigenvalue weighted by Gasteiger charge is -2.17. The van der Waals surface area contributed by atoms with Crippen LogP contribution >= 0.6 is 0 Å². The Balaban J connectivity index is 1.87. The van der Waals surface area contributed by atoms with Crippen LogP contribution < -0.4 is 18.9 Å². The zero-order chi connectivity index (χ0) is 15.1. The molecule has 0 N–H and O–H groups in total. The maximum atomic E-state index is 5.83. The van der Waals surface area contributed by atoms with Crippen molar-refractivity contribution in [2.75, 3.05) is 20.8 Å². The van der Waals surface area contributed by atoms with Gasteiger partial charge >= 0.3 is 0 Å². The van der Waals surface area contributed by atoms with Crippen LogP contribution in [-0.2, 0) is 0 Å². The van der Waals surface area contributed by atoms with Gasteiger partial charge in [0.25, 0.3) is 0 Å². The second kappa shape index (κ2) is 7.43. The van der Waals surface area contributed by atoms with Crippen molar-refractivity contribution in [1.29, 1.82) is 0 Å². The number of methoxy groups -OCH3 is 2. The van der Waals surface area contributed by atoms with Gasteiger partial charge in [-0.1, -0.05) is 12.1 Å². The minimum absolute atomic E-state index is 0.0941. The molecule has 0 aliphatic rings. The van der Waals surface area contributed by atoms with Gasteiger partial charge in [0.05, 0.1) is 14.2 Å². The van der Waals surface area contributed by atoms with Crippen molar-refractivity contribution in [3.05, 3.63) is 48.5 Å². The highest BCUT2D eigenvalue weighted by molar-refractivity contribution is 5.39. The van der Waals surface area contributed by atoms with E-state index in [0.717, 1.165) is 11.5 Å². The number of hydrogen-bond acceptors (Lipinski definition) is 4. The van der Waals surface area contributed by atoms with E-state index in [-0.39, 0.29) is 6.10 Å². The zero-order valence-electron chi connectivity index (χ0n) is 12.5. The summed E-state index contributed by atoms with van der Waals surface area (Å²) in [5.74, 6) is 3.02. The molecule has 0 aromatic heterocycles. The fraction of sp³-hybridized carbons (Fsp3) is 0.294. The third-order valence-electron chi connectivity index (χ3n) is 2.94. The van der Waals surface area contributed by atoms with Crippen LogP contribution in [0.15, 0.2) is 48.5 Å². The van der Waals surface area contributed by atoms with E-state index in [2.05, 4.69) is 0 Å². The van der Waals surface area contributed by atoms with Gasteiger partial charge in [0, 0.05) is 0 Å². The molecule has 0 bridgehead atoms. The van der Waals surface area contributed by atoms with Crippen molar-refractivity contribution in [2.45, 2.75) is 13.0 Å². The minimum atomic E-state index is -0.0941. The first kappa shape index (κ1) is 15.0. The van der Waals surface area contributed by atoms with Crippen molar-refractivity contribution in [1.82, 2.24) is 0 Å². The van der Waals surface area contributed by atoms with E-state index >= 15 is 0 Å². The molecule has 0 spiro atoms. The lowest BCUT2D eigenvalue weighted by Crippen LogP contribution is -2.21. The van der Waals surface area contributed by atoms with E-state index in [9.17, 15) is 0 Å². The van der Waals surface area contributed by atoms with Gasteiger partial charge in [-0.3, -0.25) is 0 Å². The molecule has 0 saturated carbocycles. The summed E-state index contributed by atoms with van der Waals surface area (Å²) in [5, 5.41) is 0. The van der Waals surface area contributed by atoms with Crippen LogP contribution in [0.4, 0.5) is 0 Å². The molecule has 0 saturated heterocycles. The van der Waals surface area contributed by atoms with Gasteiger partial charge in [0.1, 0.15) is 24.2 Å². The average molecular weight is 288 g/mol. The molecule has 4 nitrogen and oxygen atoms in total. The minimum Gasteiger partial charge on any atom is -0.497 e. The van der Waals surface area contributed by atoms with E-state index < -0.39 is 0 Å². The number of para-hydroxylation sites is 2. The molecule has 2 rings (SSSR count). The van der Waals surface area contributed by atoms with E-state index in [4.69, 9.17) is 18.9 Å². The SMILES string of the molecule is COc1ccc(OCC(C)Oc2ccccc2OC)cc1. The monoisotopic (exact) mass is 288 g/mol. The molecule has 0 heterocycles. The average Bonchev–Trinajstić information content (AvgIpc) is 2.54. The van der Waals surface area contributed by atoms with Crippen molar-refractivity contribution in [3.63, 3.8) is 0 Å². The Labute approximate surface area is 125 Å². The smallest absolute Gasteiger partial charge is 0.161 e. The van der Waals surface area contributed by atoms with E-state index in [1.165, 1.54) is 0 Å². The van der Waals surface area contributed by atoms with E-state index in [1.807, 2.05) is 55.5 Å². The summed E-state index contributed by atoms with van der Waals surface area (Å²) in [5.41, 5.74) is 0. The first-order valence-electron chi connectivity index (χ1n) is 6.79. The van der Waals surface area contributed by atoms with Gasteiger partial charge in [-0.05, 0) is 43.3 Å². The lowest BCUT2D eigenvalue weighted by atomic mass is 10.3. The summed E-state index contributed by atoms with van der Waals surface area (Å²) in [7, 11) is 3.26. The summed E-state index contributed by atoms with van der Waals surface area (Å²) in [6.07, 6.45) is -0.0941. The van der Waals surface area contributed by atoms with Crippen LogP contribution in [0.25, 0.3) is 0 Å². The Morgan fingerprint density at radius 3 is 2.05 bits per heavy atom. The van der Waals surface area contributed by atoms with Crippen LogP contribution in [-0.4, -0.2) is 26.9 Å². The lowest BCUT2D eigenvalue weighted by molar-refractivity contribution is 0.139. The molecule has 1 atom stereocenters. The van der Waals surface area contributed by atoms with Crippen molar-refractivity contribution in [3.8, 4) is 23.0 Å². The number of rotatable bonds is 7. The number of ether oxygens (including phenoxy) is 4.